The second-order valence-corrected chi connectivity index (χ2v) is 12.0. The molecule has 3 N–H and O–H groups in total. The maximum absolute atomic E-state index is 13.1. The normalized spacial score (nSPS) is 33.8. The molecule has 6 atom stereocenters. The largest absolute Gasteiger partial charge is 1.00 e. The molecular formula is C20H24N5NaO5S2. The molecule has 2 bridgehead atoms. The van der Waals surface area contributed by atoms with Crippen molar-refractivity contribution in [2.24, 2.45) is 17.0 Å². The van der Waals surface area contributed by atoms with Gasteiger partial charge in [-0.25, -0.2) is 4.98 Å². The number of nitrogens with one attached hydrogen (secondary N) is 1. The Kier molecular flexibility index (Phi) is 6.78. The van der Waals surface area contributed by atoms with Crippen molar-refractivity contribution in [1.82, 2.24) is 15.2 Å². The predicted molar refractivity (Wildman–Crippen MR) is 116 cm³/mol. The van der Waals surface area contributed by atoms with E-state index in [9.17, 15) is 19.5 Å². The van der Waals surface area contributed by atoms with E-state index in [1.54, 1.807) is 19.2 Å². The fourth-order valence-corrected chi connectivity index (χ4v) is 7.54. The van der Waals surface area contributed by atoms with Crippen LogP contribution >= 0.6 is 23.1 Å². The SMILES string of the molecule is CC1(C)S[C@@H]2[C@@H](NC(=O)/C(=N\OC3CC4CCC3C4)c3csc(N)n3)C(=O)N2[C@H]1C(=O)[O-].[Na+]. The molecule has 13 heteroatoms. The zero-order chi connectivity index (χ0) is 22.8. The number of amides is 2. The Labute approximate surface area is 221 Å². The molecule has 0 radical (unpaired) electrons. The monoisotopic (exact) mass is 501 g/mol. The van der Waals surface area contributed by atoms with Crippen LogP contribution in [0.2, 0.25) is 0 Å². The van der Waals surface area contributed by atoms with E-state index in [1.807, 2.05) is 0 Å². The van der Waals surface area contributed by atoms with Crippen molar-refractivity contribution in [2.45, 2.75) is 67.8 Å². The van der Waals surface area contributed by atoms with Gasteiger partial charge in [0.1, 0.15) is 23.2 Å². The van der Waals surface area contributed by atoms with E-state index < -0.39 is 40.0 Å². The van der Waals surface area contributed by atoms with Gasteiger partial charge in [-0.05, 0) is 51.4 Å². The van der Waals surface area contributed by atoms with E-state index in [0.29, 0.717) is 11.8 Å². The number of aliphatic carboxylic acids is 1. The summed E-state index contributed by atoms with van der Waals surface area (Å²) in [4.78, 5) is 48.6. The second kappa shape index (κ2) is 9.03. The summed E-state index contributed by atoms with van der Waals surface area (Å²) in [5.41, 5.74) is 5.99. The molecule has 0 aromatic carbocycles. The van der Waals surface area contributed by atoms with Gasteiger partial charge in [-0.15, -0.1) is 23.1 Å². The Morgan fingerprint density at radius 3 is 2.70 bits per heavy atom. The van der Waals surface area contributed by atoms with Crippen molar-refractivity contribution in [2.75, 3.05) is 5.73 Å². The number of fused-ring (bicyclic) bond motifs is 3. The van der Waals surface area contributed by atoms with Crippen molar-refractivity contribution in [3.8, 4) is 0 Å². The Balaban J connectivity index is 0.00000259. The molecule has 3 heterocycles. The third-order valence-electron chi connectivity index (χ3n) is 6.88. The maximum atomic E-state index is 13.1. The van der Waals surface area contributed by atoms with Crippen molar-refractivity contribution in [3.63, 3.8) is 0 Å². The van der Waals surface area contributed by atoms with Gasteiger partial charge in [-0.1, -0.05) is 5.16 Å². The minimum Gasteiger partial charge on any atom is -0.548 e. The zero-order valence-corrected chi connectivity index (χ0v) is 22.3. The Morgan fingerprint density at radius 1 is 1.36 bits per heavy atom. The summed E-state index contributed by atoms with van der Waals surface area (Å²) in [6.07, 6.45) is 4.36. The van der Waals surface area contributed by atoms with E-state index in [-0.39, 0.29) is 52.2 Å². The van der Waals surface area contributed by atoms with Gasteiger partial charge in [0.15, 0.2) is 10.8 Å². The molecule has 2 saturated carbocycles. The molecule has 10 nitrogen and oxygen atoms in total. The number of oxime groups is 1. The van der Waals surface area contributed by atoms with E-state index in [4.69, 9.17) is 10.6 Å². The van der Waals surface area contributed by atoms with Gasteiger partial charge in [0.2, 0.25) is 5.91 Å². The number of β-lactam (4-membered cyclic amide) rings is 1. The fraction of sp³-hybridized carbons (Fsp3) is 0.650. The summed E-state index contributed by atoms with van der Waals surface area (Å²) in [5.74, 6) is -1.25. The summed E-state index contributed by atoms with van der Waals surface area (Å²) >= 11 is 2.50. The molecule has 5 rings (SSSR count). The van der Waals surface area contributed by atoms with Crippen LogP contribution in [-0.2, 0) is 19.2 Å². The van der Waals surface area contributed by atoms with Crippen molar-refractivity contribution < 1.29 is 53.9 Å². The first kappa shape index (κ1) is 24.8. The summed E-state index contributed by atoms with van der Waals surface area (Å²) in [6, 6.07) is -1.91. The third-order valence-corrected chi connectivity index (χ3v) is 9.13. The van der Waals surface area contributed by atoms with E-state index in [2.05, 4.69) is 15.5 Å². The summed E-state index contributed by atoms with van der Waals surface area (Å²) in [7, 11) is 0. The molecular weight excluding hydrogens is 477 g/mol. The number of thioether (sulfide) groups is 1. The number of carbonyl (C=O) groups is 3. The van der Waals surface area contributed by atoms with E-state index >= 15 is 0 Å². The van der Waals surface area contributed by atoms with Gasteiger partial charge in [-0.2, -0.15) is 0 Å². The molecule has 4 aliphatic rings. The van der Waals surface area contributed by atoms with Crippen molar-refractivity contribution >= 4 is 51.7 Å². The number of nitrogens with zero attached hydrogens (tertiary/aromatic N) is 3. The molecule has 3 unspecified atom stereocenters. The Hall–Kier alpha value is -1.34. The van der Waals surface area contributed by atoms with Crippen molar-refractivity contribution in [3.05, 3.63) is 11.1 Å². The number of carboxylic acid groups (broad SMARTS) is 1. The van der Waals surface area contributed by atoms with Gasteiger partial charge in [0, 0.05) is 10.1 Å². The first-order chi connectivity index (χ1) is 15.2. The number of anilines is 1. The van der Waals surface area contributed by atoms with Crippen LogP contribution < -0.4 is 45.7 Å². The van der Waals surface area contributed by atoms with Crippen LogP contribution in [0.4, 0.5) is 5.13 Å². The number of nitrogens with two attached hydrogens (primary N) is 1. The van der Waals surface area contributed by atoms with Gasteiger partial charge in [0.25, 0.3) is 5.91 Å². The van der Waals surface area contributed by atoms with Gasteiger partial charge in [0.05, 0.1) is 12.0 Å². The van der Waals surface area contributed by atoms with E-state index in [0.717, 1.165) is 19.3 Å². The van der Waals surface area contributed by atoms with Crippen LogP contribution in [0, 0.1) is 11.8 Å². The molecule has 2 aliphatic heterocycles. The van der Waals surface area contributed by atoms with Crippen LogP contribution in [0.1, 0.15) is 45.2 Å². The van der Waals surface area contributed by atoms with Crippen LogP contribution in [0.15, 0.2) is 10.5 Å². The Bertz CT molecular complexity index is 1020. The van der Waals surface area contributed by atoms with E-state index in [1.165, 1.54) is 34.4 Å². The molecule has 1 aromatic heterocycles. The molecule has 4 fully saturated rings. The van der Waals surface area contributed by atoms with Gasteiger partial charge >= 0.3 is 29.6 Å². The predicted octanol–water partition coefficient (Wildman–Crippen LogP) is -3.06. The van der Waals surface area contributed by atoms with Crippen LogP contribution in [0.25, 0.3) is 0 Å². The van der Waals surface area contributed by atoms with Gasteiger partial charge < -0.3 is 30.7 Å². The first-order valence-corrected chi connectivity index (χ1v) is 12.4. The fourth-order valence-electron chi connectivity index (χ4n) is 5.37. The summed E-state index contributed by atoms with van der Waals surface area (Å²) in [5, 5.41) is 19.9. The number of carbonyl (C=O) groups excluding carboxylic acids is 3. The maximum Gasteiger partial charge on any atom is 1.00 e. The molecule has 2 aliphatic carbocycles. The molecule has 172 valence electrons. The Morgan fingerprint density at radius 2 is 2.12 bits per heavy atom. The van der Waals surface area contributed by atoms with Crippen LogP contribution in [0.3, 0.4) is 0 Å². The first-order valence-electron chi connectivity index (χ1n) is 10.6. The number of hydrogen-bond acceptors (Lipinski definition) is 10. The van der Waals surface area contributed by atoms with Crippen LogP contribution in [0.5, 0.6) is 0 Å². The summed E-state index contributed by atoms with van der Waals surface area (Å²) < 4.78 is -0.732. The number of thiazole rings is 1. The number of hydrogen-bond donors (Lipinski definition) is 2. The minimum atomic E-state index is -1.30. The second-order valence-electron chi connectivity index (χ2n) is 9.36. The van der Waals surface area contributed by atoms with Gasteiger partial charge in [-0.3, -0.25) is 9.59 Å². The number of nitrogen functional groups attached to an aromatic ring is 1. The third kappa shape index (κ3) is 4.29. The zero-order valence-electron chi connectivity index (χ0n) is 18.6. The average Bonchev–Trinajstić information content (AvgIpc) is 3.49. The molecule has 2 amide bonds. The summed E-state index contributed by atoms with van der Waals surface area (Å²) in [6.45, 7) is 3.49. The number of rotatable bonds is 6. The molecule has 0 spiro atoms. The molecule has 1 aromatic rings. The quantitative estimate of drug-likeness (QED) is 0.181. The number of carboxylic acids is 1. The topological polar surface area (TPSA) is 150 Å². The number of aromatic nitrogens is 1. The molecule has 33 heavy (non-hydrogen) atoms. The standard InChI is InChI=1S/C20H25N5O5S2.Na/c1-20(2)14(18(28)29)25-16(27)13(17(25)32-20)23-15(26)12(10-7-31-19(21)22-10)24-30-11-6-8-3-4-9(11)5-8;/h7-9,11,13-14,17H,3-6H2,1-2H3,(H2,21,22)(H,23,26)(H,28,29);/q;+1/p-1/b24-12-;/t8?,9?,11?,13-,14-,17+;/m0./s1. The van der Waals surface area contributed by atoms with Crippen LogP contribution in [-0.4, -0.2) is 61.7 Å². The minimum absolute atomic E-state index is 0. The average molecular weight is 502 g/mol. The molecule has 2 saturated heterocycles. The smallest absolute Gasteiger partial charge is 0.548 e. The van der Waals surface area contributed by atoms with Crippen molar-refractivity contribution in [1.29, 1.82) is 0 Å².